The predicted octanol–water partition coefficient (Wildman–Crippen LogP) is 3.37. The van der Waals surface area contributed by atoms with Crippen LogP contribution in [0.15, 0.2) is 36.5 Å². The van der Waals surface area contributed by atoms with Gasteiger partial charge in [0.25, 0.3) is 0 Å². The monoisotopic (exact) mass is 329 g/mol. The van der Waals surface area contributed by atoms with E-state index in [0.717, 1.165) is 11.1 Å². The zero-order valence-corrected chi connectivity index (χ0v) is 12.7. The second-order valence-electron chi connectivity index (χ2n) is 5.04. The first-order valence-corrected chi connectivity index (χ1v) is 7.07. The minimum Gasteiger partial charge on any atom is -0.292 e. The van der Waals surface area contributed by atoms with Crippen molar-refractivity contribution in [2.75, 3.05) is 0 Å². The van der Waals surface area contributed by atoms with E-state index in [1.54, 1.807) is 30.5 Å². The van der Waals surface area contributed by atoms with Crippen molar-refractivity contribution in [1.29, 1.82) is 0 Å². The van der Waals surface area contributed by atoms with Crippen LogP contribution in [0.3, 0.4) is 0 Å². The van der Waals surface area contributed by atoms with Crippen molar-refractivity contribution in [1.82, 2.24) is 4.98 Å². The van der Waals surface area contributed by atoms with Gasteiger partial charge in [0.1, 0.15) is 0 Å². The maximum Gasteiger partial charge on any atom is 0.194 e. The van der Waals surface area contributed by atoms with Gasteiger partial charge in [-0.3, -0.25) is 14.6 Å². The number of rotatable bonds is 1. The van der Waals surface area contributed by atoms with Gasteiger partial charge in [0.15, 0.2) is 15.9 Å². The van der Waals surface area contributed by atoms with Crippen molar-refractivity contribution >= 4 is 27.5 Å². The molecular weight excluding hydrogens is 318 g/mol. The Balaban J connectivity index is 2.24. The van der Waals surface area contributed by atoms with Crippen molar-refractivity contribution < 1.29 is 9.59 Å². The molecule has 0 aliphatic heterocycles. The maximum atomic E-state index is 12.7. The van der Waals surface area contributed by atoms with E-state index in [1.807, 2.05) is 19.9 Å². The number of halogens is 1. The second-order valence-corrected chi connectivity index (χ2v) is 6.23. The molecule has 3 nitrogen and oxygen atoms in total. The molecule has 0 spiro atoms. The summed E-state index contributed by atoms with van der Waals surface area (Å²) >= 11 is 3.38. The summed E-state index contributed by atoms with van der Waals surface area (Å²) in [6.45, 7) is 3.79. The number of nitrogens with zero attached hydrogens (tertiary/aromatic N) is 1. The van der Waals surface area contributed by atoms with Gasteiger partial charge in [0.05, 0.1) is 5.69 Å². The van der Waals surface area contributed by atoms with Gasteiger partial charge in [0, 0.05) is 17.3 Å². The molecule has 0 saturated carbocycles. The molecule has 0 amide bonds. The summed E-state index contributed by atoms with van der Waals surface area (Å²) in [5.41, 5.74) is 3.22. The number of benzene rings is 1. The van der Waals surface area contributed by atoms with Gasteiger partial charge < -0.3 is 0 Å². The van der Waals surface area contributed by atoms with Gasteiger partial charge in [-0.05, 0) is 25.0 Å². The summed E-state index contributed by atoms with van der Waals surface area (Å²) in [5, 5.41) is 0. The van der Waals surface area contributed by atoms with Crippen LogP contribution >= 0.6 is 15.9 Å². The zero-order valence-electron chi connectivity index (χ0n) is 11.1. The van der Waals surface area contributed by atoms with E-state index in [9.17, 15) is 9.59 Å². The molecule has 0 unspecified atom stereocenters. The number of hydrogen-bond acceptors (Lipinski definition) is 3. The fourth-order valence-electron chi connectivity index (χ4n) is 2.64. The van der Waals surface area contributed by atoms with Gasteiger partial charge >= 0.3 is 0 Å². The summed E-state index contributed by atoms with van der Waals surface area (Å²) < 4.78 is -1.38. The highest BCUT2D eigenvalue weighted by molar-refractivity contribution is 9.10. The Kier molecular flexibility index (Phi) is 2.87. The van der Waals surface area contributed by atoms with Crippen molar-refractivity contribution in [2.45, 2.75) is 18.2 Å². The molecule has 0 radical (unpaired) electrons. The van der Waals surface area contributed by atoms with Crippen LogP contribution in [0.1, 0.15) is 37.5 Å². The highest BCUT2D eigenvalue weighted by Gasteiger charge is 2.54. The van der Waals surface area contributed by atoms with E-state index in [1.165, 1.54) is 0 Å². The molecular formula is C16H12BrNO2. The Morgan fingerprint density at radius 2 is 1.60 bits per heavy atom. The van der Waals surface area contributed by atoms with Gasteiger partial charge in [-0.1, -0.05) is 46.3 Å². The number of carbonyl (C=O) groups excluding carboxylic acids is 2. The van der Waals surface area contributed by atoms with Crippen LogP contribution in [-0.2, 0) is 4.32 Å². The van der Waals surface area contributed by atoms with E-state index in [2.05, 4.69) is 20.9 Å². The number of aryl methyl sites for hydroxylation is 2. The Labute approximate surface area is 125 Å². The Morgan fingerprint density at radius 3 is 2.10 bits per heavy atom. The molecule has 2 aromatic rings. The molecule has 4 heteroatoms. The van der Waals surface area contributed by atoms with Crippen molar-refractivity contribution in [3.8, 4) is 0 Å². The molecule has 0 fully saturated rings. The summed E-state index contributed by atoms with van der Waals surface area (Å²) in [4.78, 5) is 29.6. The first-order valence-electron chi connectivity index (χ1n) is 6.27. The smallest absolute Gasteiger partial charge is 0.194 e. The number of pyridine rings is 1. The maximum absolute atomic E-state index is 12.7. The minimum absolute atomic E-state index is 0.238. The zero-order chi connectivity index (χ0) is 14.5. The van der Waals surface area contributed by atoms with Crippen LogP contribution in [0.4, 0.5) is 0 Å². The lowest BCUT2D eigenvalue weighted by Crippen LogP contribution is -2.33. The molecule has 3 rings (SSSR count). The summed E-state index contributed by atoms with van der Waals surface area (Å²) in [5.74, 6) is -0.477. The van der Waals surface area contributed by atoms with Gasteiger partial charge in [-0.2, -0.15) is 0 Å². The third kappa shape index (κ3) is 1.61. The standard InChI is InChI=1S/C16H12BrNO2/c1-9-7-10(2)13(18-8-9)16(17)14(19)11-5-3-4-6-12(11)15(16)20/h3-8H,1-2H3. The molecule has 1 aromatic heterocycles. The first kappa shape index (κ1) is 13.2. The number of carbonyl (C=O) groups is 2. The number of aromatic nitrogens is 1. The van der Waals surface area contributed by atoms with E-state index in [-0.39, 0.29) is 11.6 Å². The molecule has 1 aliphatic carbocycles. The fourth-order valence-corrected chi connectivity index (χ4v) is 3.49. The molecule has 0 atom stereocenters. The minimum atomic E-state index is -1.38. The molecule has 0 saturated heterocycles. The first-order chi connectivity index (χ1) is 9.46. The van der Waals surface area contributed by atoms with Gasteiger partial charge in [-0.15, -0.1) is 0 Å². The highest BCUT2D eigenvalue weighted by Crippen LogP contribution is 2.44. The second kappa shape index (κ2) is 4.35. The van der Waals surface area contributed by atoms with E-state index in [4.69, 9.17) is 0 Å². The van der Waals surface area contributed by atoms with Crippen LogP contribution in [0, 0.1) is 13.8 Å². The lowest BCUT2D eigenvalue weighted by atomic mass is 9.95. The SMILES string of the molecule is Cc1cnc(C2(Br)C(=O)c3ccccc3C2=O)c(C)c1. The molecule has 1 heterocycles. The molecule has 0 bridgehead atoms. The van der Waals surface area contributed by atoms with Crippen molar-refractivity contribution in [3.63, 3.8) is 0 Å². The molecule has 0 N–H and O–H groups in total. The number of fused-ring (bicyclic) bond motifs is 1. The Bertz CT molecular complexity index is 717. The van der Waals surface area contributed by atoms with Gasteiger partial charge in [0.2, 0.25) is 0 Å². The molecule has 100 valence electrons. The average molecular weight is 330 g/mol. The number of hydrogen-bond donors (Lipinski definition) is 0. The lowest BCUT2D eigenvalue weighted by Gasteiger charge is -2.20. The van der Waals surface area contributed by atoms with E-state index >= 15 is 0 Å². The molecule has 1 aromatic carbocycles. The Hall–Kier alpha value is -1.81. The van der Waals surface area contributed by atoms with Crippen LogP contribution in [0.2, 0.25) is 0 Å². The normalized spacial score (nSPS) is 16.4. The molecule has 20 heavy (non-hydrogen) atoms. The quantitative estimate of drug-likeness (QED) is 0.595. The third-order valence-corrected chi connectivity index (χ3v) is 4.68. The number of ketones is 2. The lowest BCUT2D eigenvalue weighted by molar-refractivity contribution is 0.0868. The summed E-state index contributed by atoms with van der Waals surface area (Å²) in [6.07, 6.45) is 1.68. The summed E-state index contributed by atoms with van der Waals surface area (Å²) in [6, 6.07) is 8.81. The van der Waals surface area contributed by atoms with Crippen LogP contribution in [-0.4, -0.2) is 16.6 Å². The fraction of sp³-hybridized carbons (Fsp3) is 0.188. The average Bonchev–Trinajstić information content (AvgIpc) is 2.62. The Morgan fingerprint density at radius 1 is 1.05 bits per heavy atom. The van der Waals surface area contributed by atoms with Crippen molar-refractivity contribution in [2.24, 2.45) is 0 Å². The van der Waals surface area contributed by atoms with Crippen molar-refractivity contribution in [3.05, 3.63) is 64.5 Å². The number of Topliss-reactive ketones (excluding diaryl/α,β-unsaturated/α-hetero) is 2. The number of alkyl halides is 1. The predicted molar refractivity (Wildman–Crippen MR) is 79.4 cm³/mol. The highest BCUT2D eigenvalue weighted by atomic mass is 79.9. The van der Waals surface area contributed by atoms with E-state index < -0.39 is 4.32 Å². The third-order valence-electron chi connectivity index (χ3n) is 3.58. The van der Waals surface area contributed by atoms with Crippen LogP contribution < -0.4 is 0 Å². The largest absolute Gasteiger partial charge is 0.292 e. The topological polar surface area (TPSA) is 47.0 Å². The van der Waals surface area contributed by atoms with Crippen LogP contribution in [0.5, 0.6) is 0 Å². The van der Waals surface area contributed by atoms with Gasteiger partial charge in [-0.25, -0.2) is 0 Å². The summed E-state index contributed by atoms with van der Waals surface area (Å²) in [7, 11) is 0. The molecule has 1 aliphatic rings. The van der Waals surface area contributed by atoms with Crippen LogP contribution in [0.25, 0.3) is 0 Å². The van der Waals surface area contributed by atoms with E-state index in [0.29, 0.717) is 16.8 Å².